The minimum atomic E-state index is -0.961. The maximum absolute atomic E-state index is 11.9. The molecule has 0 bridgehead atoms. The molecule has 0 aliphatic carbocycles. The van der Waals surface area contributed by atoms with Crippen LogP contribution >= 0.6 is 0 Å². The summed E-state index contributed by atoms with van der Waals surface area (Å²) in [4.78, 5) is 11.0. The molecular weight excluding hydrogens is 225 g/mol. The van der Waals surface area contributed by atoms with E-state index >= 15 is 0 Å². The van der Waals surface area contributed by atoms with Crippen molar-refractivity contribution in [2.24, 2.45) is 0 Å². The Balaban J connectivity index is 2.54. The Bertz CT molecular complexity index is 353. The second-order valence-corrected chi connectivity index (χ2v) is 3.76. The third kappa shape index (κ3) is 4.82. The maximum Gasteiger partial charge on any atom is 0.321 e. The van der Waals surface area contributed by atoms with Crippen molar-refractivity contribution in [2.75, 3.05) is 13.2 Å². The van der Waals surface area contributed by atoms with E-state index in [2.05, 4.69) is 5.32 Å². The standard InChI is InChI=1S/C12H16FNO3/c13-6-1-7-14-11(12(16)17)8-9-2-4-10(15)5-3-9/h2-5,11,14-15H,1,6-8H2,(H,16,17). The van der Waals surface area contributed by atoms with Gasteiger partial charge in [-0.1, -0.05) is 12.1 Å². The van der Waals surface area contributed by atoms with Gasteiger partial charge in [-0.2, -0.15) is 0 Å². The van der Waals surface area contributed by atoms with Gasteiger partial charge in [-0.05, 0) is 37.1 Å². The summed E-state index contributed by atoms with van der Waals surface area (Å²) in [6, 6.07) is 5.63. The van der Waals surface area contributed by atoms with E-state index in [9.17, 15) is 9.18 Å². The Kier molecular flexibility index (Phi) is 5.42. The second-order valence-electron chi connectivity index (χ2n) is 3.76. The lowest BCUT2D eigenvalue weighted by atomic mass is 10.1. The largest absolute Gasteiger partial charge is 0.508 e. The SMILES string of the molecule is O=C(O)C(Cc1ccc(O)cc1)NCCCF. The molecule has 1 rings (SSSR count). The number of alkyl halides is 1. The van der Waals surface area contributed by atoms with Crippen LogP contribution in [0.5, 0.6) is 5.75 Å². The van der Waals surface area contributed by atoms with Crippen LogP contribution in [0, 0.1) is 0 Å². The van der Waals surface area contributed by atoms with E-state index in [1.165, 1.54) is 12.1 Å². The summed E-state index contributed by atoms with van der Waals surface area (Å²) >= 11 is 0. The second kappa shape index (κ2) is 6.85. The van der Waals surface area contributed by atoms with Gasteiger partial charge in [0.15, 0.2) is 0 Å². The van der Waals surface area contributed by atoms with Crippen LogP contribution in [-0.2, 0) is 11.2 Å². The van der Waals surface area contributed by atoms with E-state index in [-0.39, 0.29) is 5.75 Å². The fourth-order valence-corrected chi connectivity index (χ4v) is 1.46. The minimum absolute atomic E-state index is 0.144. The average Bonchev–Trinajstić information content (AvgIpc) is 2.30. The van der Waals surface area contributed by atoms with Gasteiger partial charge in [0.2, 0.25) is 0 Å². The molecule has 0 saturated heterocycles. The molecule has 94 valence electrons. The number of nitrogens with one attached hydrogen (secondary N) is 1. The Morgan fingerprint density at radius 1 is 1.35 bits per heavy atom. The molecule has 5 heteroatoms. The van der Waals surface area contributed by atoms with E-state index in [0.29, 0.717) is 19.4 Å². The predicted molar refractivity (Wildman–Crippen MR) is 61.8 cm³/mol. The molecular formula is C12H16FNO3. The normalized spacial score (nSPS) is 12.3. The van der Waals surface area contributed by atoms with Crippen molar-refractivity contribution in [3.63, 3.8) is 0 Å². The van der Waals surface area contributed by atoms with E-state index in [0.717, 1.165) is 5.56 Å². The van der Waals surface area contributed by atoms with Crippen molar-refractivity contribution in [1.29, 1.82) is 0 Å². The van der Waals surface area contributed by atoms with Crippen LogP contribution in [0.3, 0.4) is 0 Å². The number of rotatable bonds is 7. The zero-order valence-electron chi connectivity index (χ0n) is 9.40. The van der Waals surface area contributed by atoms with Gasteiger partial charge in [-0.15, -0.1) is 0 Å². The highest BCUT2D eigenvalue weighted by atomic mass is 19.1. The highest BCUT2D eigenvalue weighted by Gasteiger charge is 2.16. The Morgan fingerprint density at radius 3 is 2.53 bits per heavy atom. The van der Waals surface area contributed by atoms with Gasteiger partial charge >= 0.3 is 5.97 Å². The maximum atomic E-state index is 11.9. The minimum Gasteiger partial charge on any atom is -0.508 e. The van der Waals surface area contributed by atoms with Crippen molar-refractivity contribution in [2.45, 2.75) is 18.9 Å². The van der Waals surface area contributed by atoms with Crippen LogP contribution in [0.25, 0.3) is 0 Å². The van der Waals surface area contributed by atoms with Crippen LogP contribution in [0.15, 0.2) is 24.3 Å². The molecule has 0 saturated carbocycles. The zero-order chi connectivity index (χ0) is 12.7. The molecule has 0 fully saturated rings. The van der Waals surface area contributed by atoms with Crippen molar-refractivity contribution in [1.82, 2.24) is 5.32 Å². The molecule has 0 radical (unpaired) electrons. The van der Waals surface area contributed by atoms with Gasteiger partial charge < -0.3 is 15.5 Å². The van der Waals surface area contributed by atoms with Crippen LogP contribution in [0.1, 0.15) is 12.0 Å². The summed E-state index contributed by atoms with van der Waals surface area (Å²) in [7, 11) is 0. The number of aliphatic carboxylic acids is 1. The molecule has 0 amide bonds. The average molecular weight is 241 g/mol. The van der Waals surface area contributed by atoms with Gasteiger partial charge in [0, 0.05) is 0 Å². The number of halogens is 1. The van der Waals surface area contributed by atoms with E-state index < -0.39 is 18.7 Å². The number of benzene rings is 1. The van der Waals surface area contributed by atoms with Crippen LogP contribution < -0.4 is 5.32 Å². The third-order valence-electron chi connectivity index (χ3n) is 2.38. The Labute approximate surface area is 99.1 Å². The third-order valence-corrected chi connectivity index (χ3v) is 2.38. The topological polar surface area (TPSA) is 69.6 Å². The highest BCUT2D eigenvalue weighted by Crippen LogP contribution is 2.11. The van der Waals surface area contributed by atoms with E-state index in [1.807, 2.05) is 0 Å². The molecule has 4 nitrogen and oxygen atoms in total. The first-order valence-electron chi connectivity index (χ1n) is 5.43. The first kappa shape index (κ1) is 13.4. The summed E-state index contributed by atoms with van der Waals surface area (Å²) < 4.78 is 11.9. The number of carboxylic acid groups (broad SMARTS) is 1. The number of hydrogen-bond donors (Lipinski definition) is 3. The number of carboxylic acids is 1. The quantitative estimate of drug-likeness (QED) is 0.630. The van der Waals surface area contributed by atoms with Crippen molar-refractivity contribution in [3.8, 4) is 5.75 Å². The number of phenols is 1. The molecule has 1 atom stereocenters. The molecule has 17 heavy (non-hydrogen) atoms. The summed E-state index contributed by atoms with van der Waals surface area (Å²) in [5, 5.41) is 20.9. The molecule has 3 N–H and O–H groups in total. The molecule has 0 aliphatic heterocycles. The predicted octanol–water partition coefficient (Wildman–Crippen LogP) is 1.34. The molecule has 0 heterocycles. The molecule has 1 aromatic rings. The van der Waals surface area contributed by atoms with Gasteiger partial charge in [0.25, 0.3) is 0 Å². The Hall–Kier alpha value is -1.62. The van der Waals surface area contributed by atoms with Crippen LogP contribution in [0.2, 0.25) is 0 Å². The monoisotopic (exact) mass is 241 g/mol. The van der Waals surface area contributed by atoms with Crippen LogP contribution in [-0.4, -0.2) is 35.4 Å². The molecule has 0 aromatic heterocycles. The summed E-state index contributed by atoms with van der Waals surface area (Å²) in [6.45, 7) is -0.121. The first-order valence-corrected chi connectivity index (χ1v) is 5.43. The van der Waals surface area contributed by atoms with Crippen LogP contribution in [0.4, 0.5) is 4.39 Å². The Morgan fingerprint density at radius 2 is 2.00 bits per heavy atom. The van der Waals surface area contributed by atoms with Crippen molar-refractivity contribution < 1.29 is 19.4 Å². The fraction of sp³-hybridized carbons (Fsp3) is 0.417. The smallest absolute Gasteiger partial charge is 0.321 e. The van der Waals surface area contributed by atoms with E-state index in [1.54, 1.807) is 12.1 Å². The molecule has 1 aromatic carbocycles. The zero-order valence-corrected chi connectivity index (χ0v) is 9.40. The number of aromatic hydroxyl groups is 1. The lowest BCUT2D eigenvalue weighted by Crippen LogP contribution is -2.39. The first-order chi connectivity index (χ1) is 8.13. The highest BCUT2D eigenvalue weighted by molar-refractivity contribution is 5.73. The molecule has 1 unspecified atom stereocenters. The van der Waals surface area contributed by atoms with Crippen molar-refractivity contribution >= 4 is 5.97 Å². The number of phenolic OH excluding ortho intramolecular Hbond substituents is 1. The van der Waals surface area contributed by atoms with Gasteiger partial charge in [-0.3, -0.25) is 9.18 Å². The van der Waals surface area contributed by atoms with Gasteiger partial charge in [-0.25, -0.2) is 0 Å². The van der Waals surface area contributed by atoms with Gasteiger partial charge in [0.05, 0.1) is 6.67 Å². The summed E-state index contributed by atoms with van der Waals surface area (Å²) in [5.41, 5.74) is 0.808. The number of carbonyl (C=O) groups is 1. The molecule has 0 spiro atoms. The summed E-state index contributed by atoms with van der Waals surface area (Å²) in [6.07, 6.45) is 0.612. The lowest BCUT2D eigenvalue weighted by Gasteiger charge is -2.14. The van der Waals surface area contributed by atoms with Gasteiger partial charge in [0.1, 0.15) is 11.8 Å². The summed E-state index contributed by atoms with van der Waals surface area (Å²) in [5.74, 6) is -0.817. The fourth-order valence-electron chi connectivity index (χ4n) is 1.46. The molecule has 0 aliphatic rings. The van der Waals surface area contributed by atoms with E-state index in [4.69, 9.17) is 10.2 Å². The number of hydrogen-bond acceptors (Lipinski definition) is 3. The lowest BCUT2D eigenvalue weighted by molar-refractivity contribution is -0.139. The van der Waals surface area contributed by atoms with Crippen molar-refractivity contribution in [3.05, 3.63) is 29.8 Å².